The van der Waals surface area contributed by atoms with Crippen molar-refractivity contribution in [1.29, 1.82) is 0 Å². The molecule has 182 valence electrons. The van der Waals surface area contributed by atoms with Crippen LogP contribution in [-0.2, 0) is 17.1 Å². The Morgan fingerprint density at radius 1 is 0.486 bits per heavy atom. The minimum absolute atomic E-state index is 0. The van der Waals surface area contributed by atoms with Gasteiger partial charge in [0.25, 0.3) is 0 Å². The molecular weight excluding hydrogens is 578 g/mol. The van der Waals surface area contributed by atoms with Gasteiger partial charge in [0.05, 0.1) is 0 Å². The summed E-state index contributed by atoms with van der Waals surface area (Å²) in [4.78, 5) is 4.75. The van der Waals surface area contributed by atoms with E-state index in [1.54, 1.807) is 0 Å². The van der Waals surface area contributed by atoms with E-state index in [2.05, 4.69) is 133 Å². The summed E-state index contributed by atoms with van der Waals surface area (Å²) in [5.74, 6) is 0. The Kier molecular flexibility index (Phi) is 8.34. The van der Waals surface area contributed by atoms with E-state index in [9.17, 15) is 0 Å². The molecule has 0 saturated heterocycles. The van der Waals surface area contributed by atoms with Gasteiger partial charge in [-0.1, -0.05) is 0 Å². The zero-order valence-corrected chi connectivity index (χ0v) is 24.5. The molecule has 2 radical (unpaired) electrons. The molecule has 0 aliphatic rings. The van der Waals surface area contributed by atoms with Crippen LogP contribution in [0.4, 0.5) is 0 Å². The maximum atomic E-state index is 4.75. The van der Waals surface area contributed by atoms with Crippen molar-refractivity contribution in [3.63, 3.8) is 0 Å². The average molecular weight is 604 g/mol. The molecule has 4 heteroatoms. The van der Waals surface area contributed by atoms with Crippen molar-refractivity contribution < 1.29 is 17.1 Å². The molecule has 0 unspecified atom stereocenters. The first kappa shape index (κ1) is 25.6. The minimum atomic E-state index is -1.17. The van der Waals surface area contributed by atoms with Crippen LogP contribution in [-0.4, -0.2) is 20.4 Å². The summed E-state index contributed by atoms with van der Waals surface area (Å²) in [5.41, 5.74) is 3.89. The van der Waals surface area contributed by atoms with Gasteiger partial charge in [-0.2, -0.15) is 0 Å². The third-order valence-electron chi connectivity index (χ3n) is 6.55. The molecule has 0 saturated carbocycles. The monoisotopic (exact) mass is 604 g/mol. The Morgan fingerprint density at radius 2 is 1.05 bits per heavy atom. The van der Waals surface area contributed by atoms with Gasteiger partial charge >= 0.3 is 221 Å². The second kappa shape index (κ2) is 12.0. The van der Waals surface area contributed by atoms with E-state index < -0.39 is 23.4 Å². The van der Waals surface area contributed by atoms with Gasteiger partial charge in [0.1, 0.15) is 0 Å². The van der Waals surface area contributed by atoms with Crippen LogP contribution in [0.2, 0.25) is 0 Å². The van der Waals surface area contributed by atoms with E-state index in [1.807, 2.05) is 12.3 Å². The van der Waals surface area contributed by atoms with Gasteiger partial charge in [-0.15, -0.1) is 0 Å². The molecule has 0 aliphatic heterocycles. The number of hydrogen-bond donors (Lipinski definition) is 0. The van der Waals surface area contributed by atoms with Crippen LogP contribution in [0.15, 0.2) is 146 Å². The first-order chi connectivity index (χ1) is 17.9. The summed E-state index contributed by atoms with van der Waals surface area (Å²) in [7, 11) is -1.17. The van der Waals surface area contributed by atoms with E-state index in [1.165, 1.54) is 41.2 Å². The summed E-state index contributed by atoms with van der Waals surface area (Å²) in [6.45, 7) is 0. The van der Waals surface area contributed by atoms with Crippen LogP contribution in [0, 0.1) is 0 Å². The molecule has 1 nitrogen and oxygen atoms in total. The molecule has 1 aromatic heterocycles. The quantitative estimate of drug-likeness (QED) is 0.197. The van der Waals surface area contributed by atoms with Gasteiger partial charge in [-0.05, 0) is 0 Å². The number of hydrogen-bond acceptors (Lipinski definition) is 1. The number of para-hydroxylation sites is 1. The van der Waals surface area contributed by atoms with Gasteiger partial charge < -0.3 is 0 Å². The third kappa shape index (κ3) is 5.49. The Hall–Kier alpha value is -3.00. The zero-order valence-electron chi connectivity index (χ0n) is 20.2. The molecule has 0 amide bonds. The van der Waals surface area contributed by atoms with Crippen molar-refractivity contribution in [3.8, 4) is 11.1 Å². The molecule has 5 aromatic carbocycles. The van der Waals surface area contributed by atoms with Crippen LogP contribution in [0.25, 0.3) is 22.0 Å². The Labute approximate surface area is 236 Å². The van der Waals surface area contributed by atoms with Gasteiger partial charge in [0, 0.05) is 17.1 Å². The van der Waals surface area contributed by atoms with Crippen LogP contribution in [0.3, 0.4) is 0 Å². The summed E-state index contributed by atoms with van der Waals surface area (Å²) >= 11 is -0.945. The predicted octanol–water partition coefficient (Wildman–Crippen LogP) is 4.78. The zero-order chi connectivity index (χ0) is 24.2. The molecule has 0 fully saturated rings. The van der Waals surface area contributed by atoms with Crippen molar-refractivity contribution in [1.82, 2.24) is 4.98 Å². The number of pyridine rings is 1. The first-order valence-electron chi connectivity index (χ1n) is 12.2. The summed E-state index contributed by atoms with van der Waals surface area (Å²) < 4.78 is 2.90. The number of nitrogens with zero attached hydrogens (tertiary/aromatic N) is 1. The topological polar surface area (TPSA) is 12.9 Å². The molecule has 1 heterocycles. The first-order valence-corrected chi connectivity index (χ1v) is 16.2. The van der Waals surface area contributed by atoms with Crippen molar-refractivity contribution in [2.75, 3.05) is 0 Å². The van der Waals surface area contributed by atoms with E-state index in [4.69, 9.17) is 4.98 Å². The van der Waals surface area contributed by atoms with Crippen LogP contribution < -0.4 is 24.7 Å². The molecule has 0 atom stereocenters. The fraction of sp³-hybridized carbons (Fsp3) is 0. The van der Waals surface area contributed by atoms with Crippen LogP contribution >= 0.6 is 7.92 Å². The van der Waals surface area contributed by atoms with Gasteiger partial charge in [0.15, 0.2) is 0 Å². The summed E-state index contributed by atoms with van der Waals surface area (Å²) in [6, 6.07) is 51.0. The van der Waals surface area contributed by atoms with Crippen molar-refractivity contribution in [3.05, 3.63) is 146 Å². The molecule has 0 bridgehead atoms. The number of rotatable bonds is 6. The predicted molar refractivity (Wildman–Crippen MR) is 160 cm³/mol. The number of aromatic nitrogens is 1. The van der Waals surface area contributed by atoms with Crippen LogP contribution in [0.1, 0.15) is 0 Å². The third-order valence-corrected chi connectivity index (χ3v) is 12.7. The molecule has 0 aliphatic carbocycles. The van der Waals surface area contributed by atoms with E-state index in [-0.39, 0.29) is 17.1 Å². The molecule has 0 N–H and O–H groups in total. The van der Waals surface area contributed by atoms with Crippen molar-refractivity contribution in [2.45, 2.75) is 0 Å². The summed E-state index contributed by atoms with van der Waals surface area (Å²) in [6.07, 6.45) is 1.92. The fourth-order valence-corrected chi connectivity index (χ4v) is 10.9. The van der Waals surface area contributed by atoms with E-state index in [0.29, 0.717) is 0 Å². The second-order valence-corrected chi connectivity index (χ2v) is 14.5. The Bertz CT molecular complexity index is 1580. The fourth-order valence-electron chi connectivity index (χ4n) is 4.90. The van der Waals surface area contributed by atoms with E-state index >= 15 is 0 Å². The second-order valence-electron chi connectivity index (χ2n) is 8.81. The summed E-state index contributed by atoms with van der Waals surface area (Å²) in [5, 5.41) is 5.50. The van der Waals surface area contributed by atoms with Gasteiger partial charge in [-0.25, -0.2) is 0 Å². The average Bonchev–Trinajstić information content (AvgIpc) is 2.95. The molecular formula is C33H26CuGeNP+. The standard InChI is InChI=1S/C33H25GeNP.Cu/c1-3-15-26(16-4-1)36(27-17-5-2-6-18-27)32-23-10-8-20-29(32)28-19-7-9-21-30(28)34-31-22-11-13-25-14-12-24-35-33(25)31;/h1-24,34H;/p+1. The van der Waals surface area contributed by atoms with Crippen molar-refractivity contribution >= 4 is 59.0 Å². The molecule has 0 spiro atoms. The number of fused-ring (bicyclic) bond motifs is 1. The SMILES string of the molecule is [Cu].c1ccc([PH+](c2ccccc2)c2ccccc2-c2cccc[c]2[GeH][c]2cccc3cccnc23)cc1. The number of benzene rings is 5. The Morgan fingerprint density at radius 3 is 1.78 bits per heavy atom. The van der Waals surface area contributed by atoms with Crippen molar-refractivity contribution in [2.24, 2.45) is 0 Å². The van der Waals surface area contributed by atoms with Gasteiger partial charge in [0.2, 0.25) is 0 Å². The normalized spacial score (nSPS) is 10.8. The Balaban J connectivity index is 0.00000280. The van der Waals surface area contributed by atoms with Crippen LogP contribution in [0.5, 0.6) is 0 Å². The molecule has 6 rings (SSSR count). The molecule has 37 heavy (non-hydrogen) atoms. The van der Waals surface area contributed by atoms with E-state index in [0.717, 1.165) is 5.52 Å². The molecule has 6 aromatic rings. The maximum absolute atomic E-state index is 4.75. The van der Waals surface area contributed by atoms with Gasteiger partial charge in [-0.3, -0.25) is 0 Å².